The van der Waals surface area contributed by atoms with Crippen molar-refractivity contribution in [3.05, 3.63) is 66.0 Å². The van der Waals surface area contributed by atoms with Crippen molar-refractivity contribution in [3.63, 3.8) is 0 Å². The van der Waals surface area contributed by atoms with Gasteiger partial charge in [-0.1, -0.05) is 54.2 Å². The standard InChI is InChI=1S/C19H19FN4OS/c1-13(18(25)21-12-14-8-4-3-5-9-14)26-19-23-22-17(24(19)2)15-10-6-7-11-16(15)20/h3-11,13H,12H2,1-2H3,(H,21,25)/t13-/m1/s1. The van der Waals surface area contributed by atoms with E-state index >= 15 is 0 Å². The van der Waals surface area contributed by atoms with E-state index in [1.165, 1.54) is 17.8 Å². The molecule has 1 atom stereocenters. The molecule has 0 saturated carbocycles. The van der Waals surface area contributed by atoms with Gasteiger partial charge in [-0.25, -0.2) is 4.39 Å². The van der Waals surface area contributed by atoms with E-state index in [2.05, 4.69) is 15.5 Å². The average Bonchev–Trinajstić information content (AvgIpc) is 3.01. The Bertz CT molecular complexity index is 898. The molecule has 1 amide bonds. The summed E-state index contributed by atoms with van der Waals surface area (Å²) in [6.45, 7) is 2.28. The fourth-order valence-electron chi connectivity index (χ4n) is 2.44. The van der Waals surface area contributed by atoms with Gasteiger partial charge in [-0.3, -0.25) is 4.79 Å². The minimum Gasteiger partial charge on any atom is -0.351 e. The highest BCUT2D eigenvalue weighted by Crippen LogP contribution is 2.27. The van der Waals surface area contributed by atoms with Gasteiger partial charge in [0.2, 0.25) is 5.91 Å². The Morgan fingerprint density at radius 2 is 1.85 bits per heavy atom. The van der Waals surface area contributed by atoms with E-state index in [0.717, 1.165) is 5.56 Å². The number of benzene rings is 2. The van der Waals surface area contributed by atoms with Crippen molar-refractivity contribution in [2.75, 3.05) is 0 Å². The number of hydrogen-bond acceptors (Lipinski definition) is 4. The first-order valence-electron chi connectivity index (χ1n) is 8.19. The van der Waals surface area contributed by atoms with Gasteiger partial charge in [0.15, 0.2) is 11.0 Å². The summed E-state index contributed by atoms with van der Waals surface area (Å²) in [6.07, 6.45) is 0. The van der Waals surface area contributed by atoms with Gasteiger partial charge in [0.1, 0.15) is 5.82 Å². The summed E-state index contributed by atoms with van der Waals surface area (Å²) in [7, 11) is 1.76. The highest BCUT2D eigenvalue weighted by molar-refractivity contribution is 8.00. The molecule has 0 bridgehead atoms. The van der Waals surface area contributed by atoms with Crippen LogP contribution in [0.3, 0.4) is 0 Å². The highest BCUT2D eigenvalue weighted by Gasteiger charge is 2.20. The maximum atomic E-state index is 14.0. The molecule has 26 heavy (non-hydrogen) atoms. The zero-order chi connectivity index (χ0) is 18.5. The fourth-order valence-corrected chi connectivity index (χ4v) is 3.27. The van der Waals surface area contributed by atoms with Crippen LogP contribution in [0.2, 0.25) is 0 Å². The quantitative estimate of drug-likeness (QED) is 0.676. The Hall–Kier alpha value is -2.67. The van der Waals surface area contributed by atoms with Gasteiger partial charge in [-0.15, -0.1) is 10.2 Å². The van der Waals surface area contributed by atoms with Crippen LogP contribution in [-0.4, -0.2) is 25.9 Å². The van der Waals surface area contributed by atoms with Crippen LogP contribution in [-0.2, 0) is 18.4 Å². The number of nitrogens with zero attached hydrogens (tertiary/aromatic N) is 3. The molecule has 0 unspecified atom stereocenters. The van der Waals surface area contributed by atoms with E-state index in [-0.39, 0.29) is 17.0 Å². The lowest BCUT2D eigenvalue weighted by Crippen LogP contribution is -2.30. The monoisotopic (exact) mass is 370 g/mol. The topological polar surface area (TPSA) is 59.8 Å². The largest absolute Gasteiger partial charge is 0.351 e. The first-order chi connectivity index (χ1) is 12.6. The maximum Gasteiger partial charge on any atom is 0.233 e. The summed E-state index contributed by atoms with van der Waals surface area (Å²) in [4.78, 5) is 12.3. The highest BCUT2D eigenvalue weighted by atomic mass is 32.2. The summed E-state index contributed by atoms with van der Waals surface area (Å²) in [6, 6.07) is 16.1. The third kappa shape index (κ3) is 4.11. The van der Waals surface area contributed by atoms with E-state index in [1.807, 2.05) is 37.3 Å². The van der Waals surface area contributed by atoms with Gasteiger partial charge in [-0.05, 0) is 24.6 Å². The Balaban J connectivity index is 1.65. The van der Waals surface area contributed by atoms with Crippen molar-refractivity contribution < 1.29 is 9.18 Å². The van der Waals surface area contributed by atoms with Crippen LogP contribution < -0.4 is 5.32 Å². The van der Waals surface area contributed by atoms with Crippen LogP contribution in [0.25, 0.3) is 11.4 Å². The molecule has 0 saturated heterocycles. The van der Waals surface area contributed by atoms with Crippen LogP contribution >= 0.6 is 11.8 Å². The summed E-state index contributed by atoms with van der Waals surface area (Å²) in [5.41, 5.74) is 1.43. The molecule has 1 heterocycles. The van der Waals surface area contributed by atoms with Gasteiger partial charge < -0.3 is 9.88 Å². The lowest BCUT2D eigenvalue weighted by atomic mass is 10.2. The van der Waals surface area contributed by atoms with E-state index in [1.54, 1.807) is 29.8 Å². The molecule has 0 aliphatic rings. The van der Waals surface area contributed by atoms with Gasteiger partial charge in [0, 0.05) is 13.6 Å². The molecule has 5 nitrogen and oxygen atoms in total. The van der Waals surface area contributed by atoms with Gasteiger partial charge >= 0.3 is 0 Å². The first kappa shape index (κ1) is 18.1. The lowest BCUT2D eigenvalue weighted by molar-refractivity contribution is -0.120. The first-order valence-corrected chi connectivity index (χ1v) is 9.07. The molecule has 134 valence electrons. The van der Waals surface area contributed by atoms with Crippen molar-refractivity contribution >= 4 is 17.7 Å². The molecular formula is C19H19FN4OS. The molecule has 1 aromatic heterocycles. The van der Waals surface area contributed by atoms with E-state index in [0.29, 0.717) is 23.1 Å². The smallest absolute Gasteiger partial charge is 0.233 e. The predicted molar refractivity (Wildman–Crippen MR) is 100 cm³/mol. The van der Waals surface area contributed by atoms with E-state index in [9.17, 15) is 9.18 Å². The average molecular weight is 370 g/mol. The van der Waals surface area contributed by atoms with Crippen LogP contribution in [0.15, 0.2) is 59.8 Å². The number of amides is 1. The van der Waals surface area contributed by atoms with Crippen LogP contribution in [0.5, 0.6) is 0 Å². The predicted octanol–water partition coefficient (Wildman–Crippen LogP) is 3.42. The van der Waals surface area contributed by atoms with Crippen molar-refractivity contribution in [2.45, 2.75) is 23.9 Å². The number of rotatable bonds is 6. The van der Waals surface area contributed by atoms with Crippen LogP contribution in [0.1, 0.15) is 12.5 Å². The molecule has 0 spiro atoms. The van der Waals surface area contributed by atoms with E-state index in [4.69, 9.17) is 0 Å². The number of aromatic nitrogens is 3. The summed E-state index contributed by atoms with van der Waals surface area (Å²) >= 11 is 1.29. The van der Waals surface area contributed by atoms with Crippen LogP contribution in [0.4, 0.5) is 4.39 Å². The Kier molecular flexibility index (Phi) is 5.68. The maximum absolute atomic E-state index is 14.0. The molecule has 3 aromatic rings. The van der Waals surface area contributed by atoms with Crippen molar-refractivity contribution in [3.8, 4) is 11.4 Å². The van der Waals surface area contributed by atoms with Gasteiger partial charge in [0.25, 0.3) is 0 Å². The molecule has 0 aliphatic carbocycles. The minimum absolute atomic E-state index is 0.0886. The van der Waals surface area contributed by atoms with Crippen molar-refractivity contribution in [1.82, 2.24) is 20.1 Å². The summed E-state index contributed by atoms with van der Waals surface area (Å²) in [5, 5.41) is 11.3. The number of nitrogens with one attached hydrogen (secondary N) is 1. The second-order valence-electron chi connectivity index (χ2n) is 5.81. The summed E-state index contributed by atoms with van der Waals surface area (Å²) in [5.74, 6) is -0.00927. The third-order valence-corrected chi connectivity index (χ3v) is 5.04. The third-order valence-electron chi connectivity index (χ3n) is 3.91. The van der Waals surface area contributed by atoms with Gasteiger partial charge in [-0.2, -0.15) is 0 Å². The molecule has 0 fully saturated rings. The molecule has 0 radical (unpaired) electrons. The molecule has 7 heteroatoms. The normalized spacial score (nSPS) is 12.0. The second-order valence-corrected chi connectivity index (χ2v) is 7.12. The minimum atomic E-state index is -0.354. The van der Waals surface area contributed by atoms with Crippen molar-refractivity contribution in [1.29, 1.82) is 0 Å². The molecule has 0 aliphatic heterocycles. The molecule has 2 aromatic carbocycles. The number of hydrogen-bond donors (Lipinski definition) is 1. The zero-order valence-corrected chi connectivity index (χ0v) is 15.3. The SMILES string of the molecule is C[C@@H](Sc1nnc(-c2ccccc2F)n1C)C(=O)NCc1ccccc1. The molecule has 1 N–H and O–H groups in total. The van der Waals surface area contributed by atoms with E-state index < -0.39 is 0 Å². The van der Waals surface area contributed by atoms with Gasteiger partial charge in [0.05, 0.1) is 10.8 Å². The number of carbonyl (C=O) groups excluding carboxylic acids is 1. The Morgan fingerprint density at radius 1 is 1.15 bits per heavy atom. The summed E-state index contributed by atoms with van der Waals surface area (Å²) < 4.78 is 15.7. The number of carbonyl (C=O) groups is 1. The molecular weight excluding hydrogens is 351 g/mol. The Morgan fingerprint density at radius 3 is 2.58 bits per heavy atom. The fraction of sp³-hybridized carbons (Fsp3) is 0.211. The Labute approximate surface area is 155 Å². The lowest BCUT2D eigenvalue weighted by Gasteiger charge is -2.12. The zero-order valence-electron chi connectivity index (χ0n) is 14.5. The molecule has 3 rings (SSSR count). The van der Waals surface area contributed by atoms with Crippen molar-refractivity contribution in [2.24, 2.45) is 7.05 Å². The number of thioether (sulfide) groups is 1. The second kappa shape index (κ2) is 8.14. The number of halogens is 1. The van der Waals surface area contributed by atoms with Crippen LogP contribution in [0, 0.1) is 5.82 Å².